The average molecular weight is 172 g/mol. The molecule has 0 spiro atoms. The Kier molecular flexibility index (Phi) is 2.49. The van der Waals surface area contributed by atoms with Gasteiger partial charge in [-0.05, 0) is 24.0 Å². The molecule has 0 aromatic carbocycles. The standard InChI is InChI=1S/C13H16/c1-2-3-6-11-9-10-12-7-4-5-8-13(11)12/h4-5,7-10,12H,2-3,6H2,1H3. The van der Waals surface area contributed by atoms with Crippen molar-refractivity contribution < 1.29 is 0 Å². The van der Waals surface area contributed by atoms with E-state index in [1.165, 1.54) is 24.8 Å². The maximum atomic E-state index is 2.31. The van der Waals surface area contributed by atoms with E-state index in [0.29, 0.717) is 5.92 Å². The topological polar surface area (TPSA) is 0 Å². The fourth-order valence-electron chi connectivity index (χ4n) is 1.96. The van der Waals surface area contributed by atoms with Crippen molar-refractivity contribution in [2.45, 2.75) is 26.2 Å². The smallest absolute Gasteiger partial charge is 0.0207 e. The summed E-state index contributed by atoms with van der Waals surface area (Å²) in [5, 5.41) is 0. The number of rotatable bonds is 3. The molecular formula is C13H16. The first-order valence-corrected chi connectivity index (χ1v) is 5.18. The van der Waals surface area contributed by atoms with Crippen molar-refractivity contribution in [3.8, 4) is 0 Å². The normalized spacial score (nSPS) is 24.2. The second kappa shape index (κ2) is 3.78. The van der Waals surface area contributed by atoms with Crippen LogP contribution in [0.1, 0.15) is 26.2 Å². The summed E-state index contributed by atoms with van der Waals surface area (Å²) in [7, 11) is 0. The molecule has 1 unspecified atom stereocenters. The zero-order chi connectivity index (χ0) is 9.10. The second-order valence-corrected chi connectivity index (χ2v) is 3.71. The summed E-state index contributed by atoms with van der Waals surface area (Å²) in [5.41, 5.74) is 3.07. The quantitative estimate of drug-likeness (QED) is 0.607. The van der Waals surface area contributed by atoms with Gasteiger partial charge < -0.3 is 0 Å². The lowest BCUT2D eigenvalue weighted by Crippen LogP contribution is -1.95. The van der Waals surface area contributed by atoms with E-state index in [0.717, 1.165) is 0 Å². The van der Waals surface area contributed by atoms with Crippen molar-refractivity contribution in [3.63, 3.8) is 0 Å². The van der Waals surface area contributed by atoms with Gasteiger partial charge >= 0.3 is 0 Å². The van der Waals surface area contributed by atoms with Gasteiger partial charge in [0.2, 0.25) is 0 Å². The van der Waals surface area contributed by atoms with Gasteiger partial charge in [-0.3, -0.25) is 0 Å². The number of unbranched alkanes of at least 4 members (excludes halogenated alkanes) is 1. The largest absolute Gasteiger partial charge is 0.0732 e. The summed E-state index contributed by atoms with van der Waals surface area (Å²) in [6, 6.07) is 0. The third-order valence-electron chi connectivity index (χ3n) is 2.74. The van der Waals surface area contributed by atoms with Gasteiger partial charge in [-0.15, -0.1) is 0 Å². The van der Waals surface area contributed by atoms with Crippen LogP contribution in [0.5, 0.6) is 0 Å². The highest BCUT2D eigenvalue weighted by Crippen LogP contribution is 2.32. The van der Waals surface area contributed by atoms with Crippen LogP contribution in [-0.4, -0.2) is 0 Å². The lowest BCUT2D eigenvalue weighted by molar-refractivity contribution is 0.792. The van der Waals surface area contributed by atoms with E-state index in [1.54, 1.807) is 5.57 Å². The van der Waals surface area contributed by atoms with Gasteiger partial charge in [-0.25, -0.2) is 0 Å². The number of hydrogen-bond acceptors (Lipinski definition) is 0. The van der Waals surface area contributed by atoms with Gasteiger partial charge in [0.25, 0.3) is 0 Å². The fraction of sp³-hybridized carbons (Fsp3) is 0.385. The Labute approximate surface area is 80.3 Å². The lowest BCUT2D eigenvalue weighted by atomic mass is 9.94. The Balaban J connectivity index is 2.13. The molecule has 13 heavy (non-hydrogen) atoms. The molecule has 1 atom stereocenters. The summed E-state index contributed by atoms with van der Waals surface area (Å²) in [6.07, 6.45) is 17.3. The third kappa shape index (κ3) is 1.67. The minimum Gasteiger partial charge on any atom is -0.0732 e. The lowest BCUT2D eigenvalue weighted by Gasteiger charge is -2.10. The van der Waals surface area contributed by atoms with Crippen LogP contribution in [0.3, 0.4) is 0 Å². The monoisotopic (exact) mass is 172 g/mol. The molecule has 2 aliphatic carbocycles. The van der Waals surface area contributed by atoms with Crippen LogP contribution >= 0.6 is 0 Å². The first-order chi connectivity index (χ1) is 6.42. The molecule has 0 aromatic rings. The number of fused-ring (bicyclic) bond motifs is 1. The molecule has 2 aliphatic rings. The van der Waals surface area contributed by atoms with Crippen molar-refractivity contribution in [2.75, 3.05) is 0 Å². The zero-order valence-corrected chi connectivity index (χ0v) is 8.16. The highest BCUT2D eigenvalue weighted by molar-refractivity contribution is 5.48. The predicted molar refractivity (Wildman–Crippen MR) is 57.5 cm³/mol. The summed E-state index contributed by atoms with van der Waals surface area (Å²) in [4.78, 5) is 0. The Hall–Kier alpha value is -1.04. The number of hydrogen-bond donors (Lipinski definition) is 0. The zero-order valence-electron chi connectivity index (χ0n) is 8.16. The SMILES string of the molecule is CCCCC1=C2C=CC=CC2C=C1. The maximum Gasteiger partial charge on any atom is 0.0207 e. The van der Waals surface area contributed by atoms with Gasteiger partial charge in [0, 0.05) is 5.92 Å². The minimum atomic E-state index is 0.580. The van der Waals surface area contributed by atoms with Crippen molar-refractivity contribution in [3.05, 3.63) is 47.6 Å². The molecule has 0 amide bonds. The third-order valence-corrected chi connectivity index (χ3v) is 2.74. The van der Waals surface area contributed by atoms with Crippen LogP contribution < -0.4 is 0 Å². The van der Waals surface area contributed by atoms with E-state index in [-0.39, 0.29) is 0 Å². The summed E-state index contributed by atoms with van der Waals surface area (Å²) >= 11 is 0. The first kappa shape index (κ1) is 8.55. The molecule has 2 rings (SSSR count). The molecule has 0 nitrogen and oxygen atoms in total. The second-order valence-electron chi connectivity index (χ2n) is 3.71. The molecule has 68 valence electrons. The van der Waals surface area contributed by atoms with Crippen LogP contribution in [0.25, 0.3) is 0 Å². The summed E-state index contributed by atoms with van der Waals surface area (Å²) < 4.78 is 0. The van der Waals surface area contributed by atoms with Crippen LogP contribution in [0.2, 0.25) is 0 Å². The predicted octanol–water partition coefficient (Wildman–Crippen LogP) is 3.79. The Bertz CT molecular complexity index is 300. The van der Waals surface area contributed by atoms with Crippen molar-refractivity contribution in [1.29, 1.82) is 0 Å². The van der Waals surface area contributed by atoms with Gasteiger partial charge in [-0.1, -0.05) is 49.8 Å². The van der Waals surface area contributed by atoms with Crippen LogP contribution in [-0.2, 0) is 0 Å². The highest BCUT2D eigenvalue weighted by atomic mass is 14.2. The van der Waals surface area contributed by atoms with Gasteiger partial charge in [0.15, 0.2) is 0 Å². The Morgan fingerprint density at radius 1 is 1.15 bits per heavy atom. The van der Waals surface area contributed by atoms with E-state index in [4.69, 9.17) is 0 Å². The molecule has 0 heterocycles. The first-order valence-electron chi connectivity index (χ1n) is 5.18. The van der Waals surface area contributed by atoms with Crippen LogP contribution in [0.15, 0.2) is 47.6 Å². The summed E-state index contributed by atoms with van der Waals surface area (Å²) in [6.45, 7) is 2.25. The van der Waals surface area contributed by atoms with E-state index >= 15 is 0 Å². The van der Waals surface area contributed by atoms with Crippen molar-refractivity contribution in [1.82, 2.24) is 0 Å². The van der Waals surface area contributed by atoms with E-state index in [1.807, 2.05) is 0 Å². The van der Waals surface area contributed by atoms with Crippen molar-refractivity contribution >= 4 is 0 Å². The van der Waals surface area contributed by atoms with E-state index in [9.17, 15) is 0 Å². The van der Waals surface area contributed by atoms with E-state index < -0.39 is 0 Å². The molecule has 0 N–H and O–H groups in total. The molecule has 0 saturated carbocycles. The molecular weight excluding hydrogens is 156 g/mol. The minimum absolute atomic E-state index is 0.580. The molecule has 0 heteroatoms. The highest BCUT2D eigenvalue weighted by Gasteiger charge is 2.16. The Morgan fingerprint density at radius 3 is 2.92 bits per heavy atom. The van der Waals surface area contributed by atoms with Gasteiger partial charge in [0.05, 0.1) is 0 Å². The average Bonchev–Trinajstić information content (AvgIpc) is 2.58. The van der Waals surface area contributed by atoms with Crippen LogP contribution in [0.4, 0.5) is 0 Å². The van der Waals surface area contributed by atoms with Gasteiger partial charge in [-0.2, -0.15) is 0 Å². The molecule has 0 saturated heterocycles. The molecule has 0 aliphatic heterocycles. The van der Waals surface area contributed by atoms with Gasteiger partial charge in [0.1, 0.15) is 0 Å². The fourth-order valence-corrected chi connectivity index (χ4v) is 1.96. The maximum absolute atomic E-state index is 2.31. The van der Waals surface area contributed by atoms with Crippen LogP contribution in [0, 0.1) is 5.92 Å². The summed E-state index contributed by atoms with van der Waals surface area (Å²) in [5.74, 6) is 0.580. The molecule has 0 aromatic heterocycles. The molecule has 0 fully saturated rings. The van der Waals surface area contributed by atoms with Crippen molar-refractivity contribution in [2.24, 2.45) is 5.92 Å². The molecule has 0 radical (unpaired) electrons. The number of allylic oxidation sites excluding steroid dienone is 8. The van der Waals surface area contributed by atoms with E-state index in [2.05, 4.69) is 43.4 Å². The Morgan fingerprint density at radius 2 is 2.08 bits per heavy atom. The molecule has 0 bridgehead atoms.